The first-order chi connectivity index (χ1) is 12.9. The summed E-state index contributed by atoms with van der Waals surface area (Å²) in [6.45, 7) is 16.6. The quantitative estimate of drug-likeness (QED) is 0.376. The van der Waals surface area contributed by atoms with E-state index in [9.17, 15) is 4.79 Å². The Morgan fingerprint density at radius 3 is 2.36 bits per heavy atom. The molecule has 7 atom stereocenters. The molecule has 0 aromatic rings. The average Bonchev–Trinajstić information content (AvgIpc) is 2.79. The SMILES string of the molecule is C/C=C1/C(=O)C[C@@]2(C)C3CCC4C[C@@H](O[Si](C)(C)C)CC[C@]4(C)C3CC[C@]12C. The molecule has 158 valence electrons. The van der Waals surface area contributed by atoms with Crippen LogP contribution in [0, 0.1) is 34.0 Å². The molecule has 0 spiro atoms. The zero-order chi connectivity index (χ0) is 20.5. The number of rotatable bonds is 2. The van der Waals surface area contributed by atoms with Crippen LogP contribution in [-0.4, -0.2) is 20.2 Å². The van der Waals surface area contributed by atoms with Gasteiger partial charge in [0.1, 0.15) is 0 Å². The van der Waals surface area contributed by atoms with Gasteiger partial charge in [-0.15, -0.1) is 0 Å². The van der Waals surface area contributed by atoms with Crippen molar-refractivity contribution in [3.05, 3.63) is 11.6 Å². The molecule has 0 aliphatic heterocycles. The summed E-state index contributed by atoms with van der Waals surface area (Å²) in [5.74, 6) is 2.76. The Balaban J connectivity index is 1.60. The third kappa shape index (κ3) is 2.86. The van der Waals surface area contributed by atoms with Crippen LogP contribution >= 0.6 is 0 Å². The molecule has 4 aliphatic carbocycles. The second kappa shape index (κ2) is 6.54. The predicted molar refractivity (Wildman–Crippen MR) is 119 cm³/mol. The van der Waals surface area contributed by atoms with Gasteiger partial charge in [0.15, 0.2) is 14.1 Å². The predicted octanol–water partition coefficient (Wildman–Crippen LogP) is 6.76. The van der Waals surface area contributed by atoms with Gasteiger partial charge in [0.2, 0.25) is 0 Å². The topological polar surface area (TPSA) is 26.3 Å². The van der Waals surface area contributed by atoms with Gasteiger partial charge in [-0.2, -0.15) is 0 Å². The summed E-state index contributed by atoms with van der Waals surface area (Å²) >= 11 is 0. The van der Waals surface area contributed by atoms with Gasteiger partial charge < -0.3 is 4.43 Å². The first-order valence-corrected chi connectivity index (χ1v) is 15.2. The van der Waals surface area contributed by atoms with Crippen LogP contribution in [0.25, 0.3) is 0 Å². The van der Waals surface area contributed by atoms with Gasteiger partial charge in [0, 0.05) is 17.9 Å². The molecule has 0 heterocycles. The van der Waals surface area contributed by atoms with E-state index >= 15 is 0 Å². The highest BCUT2D eigenvalue weighted by molar-refractivity contribution is 6.69. The second-order valence-corrected chi connectivity index (χ2v) is 16.7. The molecule has 3 heteroatoms. The fraction of sp³-hybridized carbons (Fsp3) is 0.880. The van der Waals surface area contributed by atoms with Crippen molar-refractivity contribution in [3.8, 4) is 0 Å². The molecule has 0 radical (unpaired) electrons. The summed E-state index contributed by atoms with van der Waals surface area (Å²) < 4.78 is 6.54. The van der Waals surface area contributed by atoms with E-state index < -0.39 is 8.32 Å². The van der Waals surface area contributed by atoms with E-state index in [4.69, 9.17) is 4.43 Å². The van der Waals surface area contributed by atoms with E-state index in [-0.39, 0.29) is 10.8 Å². The van der Waals surface area contributed by atoms with Crippen molar-refractivity contribution in [1.29, 1.82) is 0 Å². The number of hydrogen-bond acceptors (Lipinski definition) is 2. The first kappa shape index (κ1) is 20.8. The molecular formula is C25H42O2Si. The van der Waals surface area contributed by atoms with Gasteiger partial charge in [0.25, 0.3) is 0 Å². The third-order valence-electron chi connectivity index (χ3n) is 9.91. The largest absolute Gasteiger partial charge is 0.415 e. The first-order valence-electron chi connectivity index (χ1n) is 11.8. The molecule has 0 bridgehead atoms. The van der Waals surface area contributed by atoms with Gasteiger partial charge in [0.05, 0.1) is 0 Å². The Labute approximate surface area is 174 Å². The summed E-state index contributed by atoms with van der Waals surface area (Å²) in [5.41, 5.74) is 1.86. The van der Waals surface area contributed by atoms with E-state index in [1.165, 1.54) is 44.9 Å². The molecule has 4 fully saturated rings. The van der Waals surface area contributed by atoms with Gasteiger partial charge in [-0.05, 0) is 106 Å². The fourth-order valence-electron chi connectivity index (χ4n) is 8.38. The van der Waals surface area contributed by atoms with E-state index in [2.05, 4.69) is 53.4 Å². The molecule has 0 amide bonds. The molecule has 0 N–H and O–H groups in total. The van der Waals surface area contributed by atoms with Crippen molar-refractivity contribution < 1.29 is 9.22 Å². The second-order valence-electron chi connectivity index (χ2n) is 12.2. The highest BCUT2D eigenvalue weighted by Gasteiger charge is 2.66. The maximum absolute atomic E-state index is 12.9. The van der Waals surface area contributed by atoms with Gasteiger partial charge in [-0.1, -0.05) is 26.8 Å². The van der Waals surface area contributed by atoms with Crippen LogP contribution in [0.1, 0.15) is 79.1 Å². The molecule has 2 nitrogen and oxygen atoms in total. The van der Waals surface area contributed by atoms with E-state index in [0.29, 0.717) is 23.2 Å². The van der Waals surface area contributed by atoms with E-state index in [1.807, 2.05) is 0 Å². The molecule has 4 rings (SSSR count). The van der Waals surface area contributed by atoms with Crippen molar-refractivity contribution in [2.75, 3.05) is 0 Å². The number of Topliss-reactive ketones (excluding diaryl/α,β-unsaturated/α-hetero) is 1. The number of carbonyl (C=O) groups excluding carboxylic acids is 1. The summed E-state index contributed by atoms with van der Waals surface area (Å²) in [6, 6.07) is 0. The maximum Gasteiger partial charge on any atom is 0.184 e. The molecule has 4 saturated carbocycles. The lowest BCUT2D eigenvalue weighted by Crippen LogP contribution is -2.57. The highest BCUT2D eigenvalue weighted by atomic mass is 28.4. The molecule has 3 unspecified atom stereocenters. The minimum Gasteiger partial charge on any atom is -0.415 e. The van der Waals surface area contributed by atoms with E-state index in [1.54, 1.807) is 0 Å². The lowest BCUT2D eigenvalue weighted by molar-refractivity contribution is -0.148. The molecule has 28 heavy (non-hydrogen) atoms. The number of carbonyl (C=O) groups is 1. The van der Waals surface area contributed by atoms with Crippen molar-refractivity contribution in [1.82, 2.24) is 0 Å². The monoisotopic (exact) mass is 402 g/mol. The number of hydrogen-bond donors (Lipinski definition) is 0. The van der Waals surface area contributed by atoms with Crippen molar-refractivity contribution in [2.24, 2.45) is 34.0 Å². The Kier molecular flexibility index (Phi) is 4.87. The molecular weight excluding hydrogens is 360 g/mol. The Morgan fingerprint density at radius 1 is 1.00 bits per heavy atom. The Morgan fingerprint density at radius 2 is 1.71 bits per heavy atom. The zero-order valence-electron chi connectivity index (χ0n) is 19.4. The summed E-state index contributed by atoms with van der Waals surface area (Å²) in [7, 11) is -1.46. The van der Waals surface area contributed by atoms with Crippen LogP contribution in [0.5, 0.6) is 0 Å². The smallest absolute Gasteiger partial charge is 0.184 e. The average molecular weight is 403 g/mol. The Bertz CT molecular complexity index is 691. The van der Waals surface area contributed by atoms with Crippen LogP contribution in [-0.2, 0) is 9.22 Å². The molecule has 0 aromatic carbocycles. The summed E-state index contributed by atoms with van der Waals surface area (Å²) in [6.07, 6.45) is 12.4. The molecule has 0 aromatic heterocycles. The lowest BCUT2D eigenvalue weighted by Gasteiger charge is -2.64. The van der Waals surface area contributed by atoms with Crippen molar-refractivity contribution >= 4 is 14.1 Å². The standard InChI is InChI=1S/C25H42O2Si/c1-8-19-22(26)16-25(4)21-10-9-17-15-18(27-28(5,6)7)11-13-23(17,2)20(21)12-14-24(19,25)3/h8,17-18,20-21H,9-16H2,1-7H3/b19-8-/t17?,18-,20?,21?,23-,24+,25-/m0/s1. The normalized spacial score (nSPS) is 50.2. The van der Waals surface area contributed by atoms with Crippen LogP contribution < -0.4 is 0 Å². The molecule has 4 aliphatic rings. The van der Waals surface area contributed by atoms with Gasteiger partial charge in [-0.3, -0.25) is 4.79 Å². The van der Waals surface area contributed by atoms with Gasteiger partial charge >= 0.3 is 0 Å². The third-order valence-corrected chi connectivity index (χ3v) is 11.0. The Hall–Kier alpha value is -0.413. The van der Waals surface area contributed by atoms with Crippen LogP contribution in [0.4, 0.5) is 0 Å². The zero-order valence-corrected chi connectivity index (χ0v) is 20.4. The maximum atomic E-state index is 12.9. The number of allylic oxidation sites excluding steroid dienone is 2. The van der Waals surface area contributed by atoms with Gasteiger partial charge in [-0.25, -0.2) is 0 Å². The highest BCUT2D eigenvalue weighted by Crippen LogP contribution is 2.71. The minimum atomic E-state index is -1.46. The van der Waals surface area contributed by atoms with Crippen LogP contribution in [0.3, 0.4) is 0 Å². The van der Waals surface area contributed by atoms with Crippen molar-refractivity contribution in [2.45, 2.75) is 105 Å². The minimum absolute atomic E-state index is 0.0986. The lowest BCUT2D eigenvalue weighted by atomic mass is 9.41. The fourth-order valence-corrected chi connectivity index (χ4v) is 9.60. The summed E-state index contributed by atoms with van der Waals surface area (Å²) in [5, 5.41) is 0. The summed E-state index contributed by atoms with van der Waals surface area (Å²) in [4.78, 5) is 12.9. The van der Waals surface area contributed by atoms with Crippen LogP contribution in [0.15, 0.2) is 11.6 Å². The number of fused-ring (bicyclic) bond motifs is 5. The van der Waals surface area contributed by atoms with E-state index in [0.717, 1.165) is 23.8 Å². The van der Waals surface area contributed by atoms with Crippen molar-refractivity contribution in [3.63, 3.8) is 0 Å². The number of ketones is 1. The van der Waals surface area contributed by atoms with Crippen LogP contribution in [0.2, 0.25) is 19.6 Å². The molecule has 0 saturated heterocycles.